The quantitative estimate of drug-likeness (QED) is 0.577. The van der Waals surface area contributed by atoms with Crippen LogP contribution < -0.4 is 5.32 Å². The van der Waals surface area contributed by atoms with Crippen LogP contribution in [0.25, 0.3) is 11.1 Å². The maximum Gasteiger partial charge on any atom is 0.323 e. The van der Waals surface area contributed by atoms with Crippen LogP contribution in [0.4, 0.5) is 19.4 Å². The van der Waals surface area contributed by atoms with Gasteiger partial charge in [-0.15, -0.1) is 0 Å². The van der Waals surface area contributed by atoms with E-state index in [4.69, 9.17) is 30.9 Å². The first-order valence-corrected chi connectivity index (χ1v) is 12.9. The zero-order valence-electron chi connectivity index (χ0n) is 20.1. The Bertz CT molecular complexity index is 1120. The molecule has 2 amide bonds. The molecule has 1 aliphatic heterocycles. The van der Waals surface area contributed by atoms with E-state index in [1.165, 1.54) is 34.8 Å². The maximum absolute atomic E-state index is 13.9. The number of halogens is 2. The number of urea groups is 1. The van der Waals surface area contributed by atoms with Gasteiger partial charge in [0.2, 0.25) is 10.0 Å². The maximum atomic E-state index is 13.9. The lowest BCUT2D eigenvalue weighted by atomic mass is 8.76. The van der Waals surface area contributed by atoms with E-state index < -0.39 is 28.0 Å². The van der Waals surface area contributed by atoms with E-state index in [9.17, 15) is 22.0 Å². The van der Waals surface area contributed by atoms with Crippen molar-refractivity contribution in [1.29, 1.82) is 0 Å². The average molecular weight is 500 g/mol. The van der Waals surface area contributed by atoms with Crippen LogP contribution in [-0.2, 0) is 10.0 Å². The number of rotatable bonds is 6. The number of benzene rings is 1. The van der Waals surface area contributed by atoms with E-state index >= 15 is 0 Å². The Balaban J connectivity index is 0.000000572. The molecule has 0 unspecified atom stereocenters. The van der Waals surface area contributed by atoms with Gasteiger partial charge < -0.3 is 4.90 Å². The fraction of sp³-hybridized carbons (Fsp3) is 0.368. The van der Waals surface area contributed by atoms with Crippen molar-refractivity contribution in [1.82, 2.24) is 14.2 Å². The highest BCUT2D eigenvalue weighted by Crippen LogP contribution is 2.24. The Hall–Kier alpha value is -2.14. The van der Waals surface area contributed by atoms with E-state index in [2.05, 4.69) is 10.3 Å². The van der Waals surface area contributed by atoms with Crippen molar-refractivity contribution in [3.8, 4) is 11.1 Å². The molecule has 1 aliphatic rings. The largest absolute Gasteiger partial charge is 0.324 e. The molecule has 1 saturated heterocycles. The van der Waals surface area contributed by atoms with Gasteiger partial charge in [0, 0.05) is 94.3 Å². The molecular weight excluding hydrogens is 478 g/mol. The zero-order chi connectivity index (χ0) is 27.0. The summed E-state index contributed by atoms with van der Waals surface area (Å²) in [5, 5.41) is 2.66. The second kappa shape index (κ2) is 13.4. The van der Waals surface area contributed by atoms with Gasteiger partial charge in [-0.2, -0.15) is 0 Å². The summed E-state index contributed by atoms with van der Waals surface area (Å²) >= 11 is 0. The third-order valence-electron chi connectivity index (χ3n) is 5.67. The number of carbonyl (C=O) groups excluding carboxylic acids is 1. The van der Waals surface area contributed by atoms with Gasteiger partial charge in [-0.3, -0.25) is 5.32 Å². The van der Waals surface area contributed by atoms with Gasteiger partial charge >= 0.3 is 6.03 Å². The van der Waals surface area contributed by atoms with Gasteiger partial charge in [-0.1, -0.05) is 0 Å². The Labute approximate surface area is 218 Å². The fourth-order valence-electron chi connectivity index (χ4n) is 3.40. The molecule has 9 radical (unpaired) electrons. The monoisotopic (exact) mass is 501 g/mol. The molecule has 1 aromatic carbocycles. The minimum absolute atomic E-state index is 0.0881. The Kier molecular flexibility index (Phi) is 11.2. The molecule has 0 bridgehead atoms. The second-order valence-corrected chi connectivity index (χ2v) is 10.3. The molecule has 0 spiro atoms. The highest BCUT2D eigenvalue weighted by molar-refractivity contribution is 7.88. The first-order chi connectivity index (χ1) is 16.8. The molecule has 1 N–H and O–H groups in total. The smallest absolute Gasteiger partial charge is 0.323 e. The molecule has 2 aromatic rings. The number of piperidine rings is 1. The summed E-state index contributed by atoms with van der Waals surface area (Å²) in [5.74, 6) is -0.844. The lowest BCUT2D eigenvalue weighted by Gasteiger charge is -2.35. The minimum Gasteiger partial charge on any atom is -0.324 e. The van der Waals surface area contributed by atoms with Gasteiger partial charge in [0.1, 0.15) is 17.5 Å². The highest BCUT2D eigenvalue weighted by atomic mass is 32.2. The number of carbonyl (C=O) groups is 1. The molecule has 0 saturated carbocycles. The minimum atomic E-state index is -3.22. The van der Waals surface area contributed by atoms with Crippen LogP contribution in [0, 0.1) is 11.6 Å². The number of sulfonamides is 1. The van der Waals surface area contributed by atoms with Crippen molar-refractivity contribution in [2.24, 2.45) is 0 Å². The van der Waals surface area contributed by atoms with E-state index in [0.29, 0.717) is 31.5 Å². The van der Waals surface area contributed by atoms with E-state index in [1.54, 1.807) is 13.1 Å². The van der Waals surface area contributed by atoms with Crippen molar-refractivity contribution in [2.45, 2.75) is 18.9 Å². The van der Waals surface area contributed by atoms with Crippen LogP contribution in [0.15, 0.2) is 36.5 Å². The van der Waals surface area contributed by atoms with Gasteiger partial charge in [-0.25, -0.2) is 31.3 Å². The highest BCUT2D eigenvalue weighted by Gasteiger charge is 2.29. The summed E-state index contributed by atoms with van der Waals surface area (Å²) in [4.78, 5) is 18.1. The molecule has 36 heavy (non-hydrogen) atoms. The number of hydrogen-bond acceptors (Lipinski definition) is 4. The third-order valence-corrected chi connectivity index (χ3v) is 6.97. The third kappa shape index (κ3) is 8.76. The number of anilines is 1. The van der Waals surface area contributed by atoms with Gasteiger partial charge in [0.25, 0.3) is 0 Å². The van der Waals surface area contributed by atoms with Crippen molar-refractivity contribution >= 4 is 72.7 Å². The van der Waals surface area contributed by atoms with Crippen molar-refractivity contribution < 1.29 is 22.0 Å². The van der Waals surface area contributed by atoms with Crippen LogP contribution in [0.5, 0.6) is 0 Å². The first kappa shape index (κ1) is 30.1. The predicted octanol–water partition coefficient (Wildman–Crippen LogP) is 0.249. The molecule has 0 atom stereocenters. The van der Waals surface area contributed by atoms with Crippen LogP contribution in [0.3, 0.4) is 0 Å². The normalized spacial score (nSPS) is 14.2. The number of amides is 2. The molecule has 1 fully saturated rings. The van der Waals surface area contributed by atoms with Crippen molar-refractivity contribution in [3.63, 3.8) is 0 Å². The molecule has 7 nitrogen and oxygen atoms in total. The number of aromatic nitrogens is 1. The molecular formula is C19H22B7F2N4O3S. The summed E-state index contributed by atoms with van der Waals surface area (Å²) in [6.45, 7) is 0.737. The lowest BCUT2D eigenvalue weighted by molar-refractivity contribution is 0.174. The van der Waals surface area contributed by atoms with E-state index in [-0.39, 0.29) is 29.8 Å². The number of hydrogen-bond donors (Lipinski definition) is 1. The first-order valence-electron chi connectivity index (χ1n) is 11.1. The van der Waals surface area contributed by atoms with Crippen LogP contribution >= 0.6 is 0 Å². The summed E-state index contributed by atoms with van der Waals surface area (Å²) in [5.41, 5.74) is 0.478. The molecule has 177 valence electrons. The number of nitrogens with zero attached hydrogens (tertiary/aromatic N) is 3. The SMILES string of the molecule is CN(C(=O)Nc1ccc(-c2cc(F)ccc2F)cn1)C1CCN(S(C)(=O)=O)CC1.[B][B]B([B])B([B])[B]. The number of pyridine rings is 1. The van der Waals surface area contributed by atoms with Gasteiger partial charge in [0.05, 0.1) is 6.26 Å². The second-order valence-electron chi connectivity index (χ2n) is 8.34. The van der Waals surface area contributed by atoms with Crippen molar-refractivity contribution in [2.75, 3.05) is 31.7 Å². The predicted molar refractivity (Wildman–Crippen MR) is 146 cm³/mol. The number of nitrogens with one attached hydrogen (secondary N) is 1. The molecule has 1 aromatic heterocycles. The zero-order valence-corrected chi connectivity index (χ0v) is 21.0. The van der Waals surface area contributed by atoms with Gasteiger partial charge in [-0.05, 0) is 43.2 Å². The molecule has 0 aliphatic carbocycles. The molecule has 2 heterocycles. The van der Waals surface area contributed by atoms with Crippen molar-refractivity contribution in [3.05, 3.63) is 48.2 Å². The van der Waals surface area contributed by atoms with E-state index in [1.807, 2.05) is 0 Å². The summed E-state index contributed by atoms with van der Waals surface area (Å²) < 4.78 is 51.8. The Morgan fingerprint density at radius 2 is 1.83 bits per heavy atom. The summed E-state index contributed by atoms with van der Waals surface area (Å²) in [7, 11) is 20.0. The standard InChI is InChI=1S/C19H22F2N4O3S.B7/c1-24(15-7-9-25(10-8-15)29(2,27)28)19(26)23-18-6-3-13(12-22-18)16-11-14(20)4-5-17(16)21;1-5-7(4)6(2)3/h3-6,11-12,15H,7-10H2,1-2H3,(H,22,23,26);. The molecule has 17 heteroatoms. The topological polar surface area (TPSA) is 82.6 Å². The van der Waals surface area contributed by atoms with E-state index in [0.717, 1.165) is 18.2 Å². The Morgan fingerprint density at radius 1 is 1.19 bits per heavy atom. The van der Waals surface area contributed by atoms with Crippen LogP contribution in [-0.4, -0.2) is 112 Å². The molecule has 3 rings (SSSR count). The average Bonchev–Trinajstić information content (AvgIpc) is 2.85. The summed E-state index contributed by atoms with van der Waals surface area (Å²) in [6.07, 6.45) is 2.70. The lowest BCUT2D eigenvalue weighted by Crippen LogP contribution is -2.48. The van der Waals surface area contributed by atoms with Crippen LogP contribution in [0.2, 0.25) is 0 Å². The Morgan fingerprint density at radius 3 is 2.31 bits per heavy atom. The summed E-state index contributed by atoms with van der Waals surface area (Å²) in [6, 6.07) is 5.76. The van der Waals surface area contributed by atoms with Gasteiger partial charge in [0.15, 0.2) is 0 Å². The van der Waals surface area contributed by atoms with Crippen LogP contribution in [0.1, 0.15) is 12.8 Å². The fourth-order valence-corrected chi connectivity index (χ4v) is 4.27.